The van der Waals surface area contributed by atoms with E-state index < -0.39 is 0 Å². The molecule has 0 saturated carbocycles. The molecule has 0 radical (unpaired) electrons. The Hall–Kier alpha value is -3.28. The van der Waals surface area contributed by atoms with E-state index in [1.807, 2.05) is 32.9 Å². The normalized spacial score (nSPS) is 11.3. The van der Waals surface area contributed by atoms with E-state index in [-0.39, 0.29) is 24.4 Å². The van der Waals surface area contributed by atoms with E-state index in [4.69, 9.17) is 4.74 Å². The first-order valence-corrected chi connectivity index (χ1v) is 9.69. The van der Waals surface area contributed by atoms with Crippen molar-refractivity contribution in [2.24, 2.45) is 0 Å². The second-order valence-corrected chi connectivity index (χ2v) is 7.04. The summed E-state index contributed by atoms with van der Waals surface area (Å²) in [4.78, 5) is 24.3. The predicted octanol–water partition coefficient (Wildman–Crippen LogP) is 4.22. The third-order valence-corrected chi connectivity index (χ3v) is 4.19. The Morgan fingerprint density at radius 3 is 2.48 bits per heavy atom. The van der Waals surface area contributed by atoms with E-state index in [0.717, 1.165) is 17.7 Å². The maximum absolute atomic E-state index is 12.2. The fraction of sp³-hybridized carbons (Fsp3) is 0.304. The number of carbonyl (C=O) groups excluding carboxylic acids is 2. The number of benzene rings is 2. The molecule has 0 bridgehead atoms. The van der Waals surface area contributed by atoms with Crippen LogP contribution in [0.25, 0.3) is 0 Å². The number of anilines is 2. The maximum atomic E-state index is 12.2. The third kappa shape index (κ3) is 7.70. The molecule has 0 spiro atoms. The van der Waals surface area contributed by atoms with Crippen LogP contribution in [-0.2, 0) is 4.79 Å². The van der Waals surface area contributed by atoms with Gasteiger partial charge < -0.3 is 20.7 Å². The van der Waals surface area contributed by atoms with Crippen LogP contribution in [0.3, 0.4) is 0 Å². The van der Waals surface area contributed by atoms with Crippen LogP contribution < -0.4 is 20.7 Å². The van der Waals surface area contributed by atoms with Gasteiger partial charge in [-0.3, -0.25) is 9.59 Å². The fourth-order valence-electron chi connectivity index (χ4n) is 2.41. The number of rotatable bonds is 10. The summed E-state index contributed by atoms with van der Waals surface area (Å²) < 4.78 is 5.58. The monoisotopic (exact) mass is 395 g/mol. The number of carbonyl (C=O) groups is 2. The van der Waals surface area contributed by atoms with Crippen molar-refractivity contribution in [3.63, 3.8) is 0 Å². The number of ether oxygens (including phenoxy) is 1. The van der Waals surface area contributed by atoms with Gasteiger partial charge in [0, 0.05) is 29.0 Å². The summed E-state index contributed by atoms with van der Waals surface area (Å²) in [6, 6.07) is 14.4. The average molecular weight is 396 g/mol. The minimum atomic E-state index is -0.180. The molecular weight excluding hydrogens is 366 g/mol. The molecule has 6 heteroatoms. The molecule has 0 heterocycles. The van der Waals surface area contributed by atoms with E-state index in [2.05, 4.69) is 22.5 Å². The summed E-state index contributed by atoms with van der Waals surface area (Å²) >= 11 is 0. The molecule has 2 rings (SSSR count). The van der Waals surface area contributed by atoms with Crippen molar-refractivity contribution in [3.8, 4) is 5.75 Å². The zero-order valence-electron chi connectivity index (χ0n) is 17.2. The minimum absolute atomic E-state index is 0.0996. The summed E-state index contributed by atoms with van der Waals surface area (Å²) in [5.41, 5.74) is 2.94. The van der Waals surface area contributed by atoms with Crippen molar-refractivity contribution in [1.29, 1.82) is 0 Å². The van der Waals surface area contributed by atoms with Crippen molar-refractivity contribution >= 4 is 23.2 Å². The van der Waals surface area contributed by atoms with Crippen LogP contribution in [0.4, 0.5) is 11.4 Å². The van der Waals surface area contributed by atoms with E-state index >= 15 is 0 Å². The Kier molecular flexibility index (Phi) is 8.27. The minimum Gasteiger partial charge on any atom is -0.489 e. The van der Waals surface area contributed by atoms with Crippen LogP contribution in [-0.4, -0.2) is 31.0 Å². The summed E-state index contributed by atoms with van der Waals surface area (Å²) in [6.07, 6.45) is 0.878. The van der Waals surface area contributed by atoms with Crippen molar-refractivity contribution in [2.75, 3.05) is 23.8 Å². The van der Waals surface area contributed by atoms with Gasteiger partial charge in [0.1, 0.15) is 12.4 Å². The molecule has 0 aliphatic rings. The van der Waals surface area contributed by atoms with Gasteiger partial charge in [0.05, 0.1) is 6.54 Å². The van der Waals surface area contributed by atoms with Crippen LogP contribution in [0.5, 0.6) is 5.75 Å². The van der Waals surface area contributed by atoms with Gasteiger partial charge in [0.2, 0.25) is 5.91 Å². The van der Waals surface area contributed by atoms with Gasteiger partial charge in [-0.25, -0.2) is 0 Å². The Morgan fingerprint density at radius 1 is 1.10 bits per heavy atom. The van der Waals surface area contributed by atoms with Gasteiger partial charge in [-0.1, -0.05) is 19.6 Å². The summed E-state index contributed by atoms with van der Waals surface area (Å²) in [5.74, 6) is 0.392. The number of hydrogen-bond acceptors (Lipinski definition) is 4. The molecule has 3 N–H and O–H groups in total. The Bertz CT molecular complexity index is 847. The second kappa shape index (κ2) is 10.9. The lowest BCUT2D eigenvalue weighted by atomic mass is 10.1. The standard InChI is InChI=1S/C23H29N3O3/c1-5-17(4)25-23(28)18-9-11-19(12-10-18)24-14-22(27)26-20-7-6-8-21(13-20)29-15-16(2)3/h6-13,17,24H,2,5,14-15H2,1,3-4H3,(H,25,28)(H,26,27). The van der Waals surface area contributed by atoms with E-state index in [1.165, 1.54) is 0 Å². The molecule has 2 amide bonds. The molecule has 0 fully saturated rings. The molecule has 2 aromatic carbocycles. The molecule has 6 nitrogen and oxygen atoms in total. The van der Waals surface area contributed by atoms with Crippen LogP contribution in [0.1, 0.15) is 37.6 Å². The molecule has 2 aromatic rings. The van der Waals surface area contributed by atoms with Crippen LogP contribution in [0, 0.1) is 0 Å². The Morgan fingerprint density at radius 2 is 1.83 bits per heavy atom. The van der Waals surface area contributed by atoms with Gasteiger partial charge in [0.15, 0.2) is 0 Å². The molecule has 1 unspecified atom stereocenters. The zero-order chi connectivity index (χ0) is 21.2. The second-order valence-electron chi connectivity index (χ2n) is 7.04. The van der Waals surface area contributed by atoms with Crippen LogP contribution in [0.15, 0.2) is 60.7 Å². The quantitative estimate of drug-likeness (QED) is 0.526. The summed E-state index contributed by atoms with van der Waals surface area (Å²) in [5, 5.41) is 8.80. The lowest BCUT2D eigenvalue weighted by Gasteiger charge is -2.12. The number of nitrogens with one attached hydrogen (secondary N) is 3. The van der Waals surface area contributed by atoms with Gasteiger partial charge in [-0.15, -0.1) is 0 Å². The molecule has 0 aliphatic carbocycles. The highest BCUT2D eigenvalue weighted by Crippen LogP contribution is 2.18. The number of amides is 2. The topological polar surface area (TPSA) is 79.5 Å². The first-order valence-electron chi connectivity index (χ1n) is 9.69. The SMILES string of the molecule is C=C(C)COc1cccc(NC(=O)CNc2ccc(C(=O)NC(C)CC)cc2)c1. The Labute approximate surface area is 172 Å². The van der Waals surface area contributed by atoms with E-state index in [0.29, 0.717) is 23.6 Å². The van der Waals surface area contributed by atoms with Gasteiger partial charge in [-0.2, -0.15) is 0 Å². The Balaban J connectivity index is 1.84. The highest BCUT2D eigenvalue weighted by atomic mass is 16.5. The number of hydrogen-bond donors (Lipinski definition) is 3. The van der Waals surface area contributed by atoms with Crippen molar-refractivity contribution in [1.82, 2.24) is 5.32 Å². The molecule has 0 saturated heterocycles. The van der Waals surface area contributed by atoms with E-state index in [9.17, 15) is 9.59 Å². The zero-order valence-corrected chi connectivity index (χ0v) is 17.2. The van der Waals surface area contributed by atoms with Crippen LogP contribution >= 0.6 is 0 Å². The van der Waals surface area contributed by atoms with E-state index in [1.54, 1.807) is 36.4 Å². The first kappa shape index (κ1) is 22.0. The van der Waals surface area contributed by atoms with Crippen molar-refractivity contribution < 1.29 is 14.3 Å². The molecule has 0 aromatic heterocycles. The van der Waals surface area contributed by atoms with Crippen molar-refractivity contribution in [2.45, 2.75) is 33.2 Å². The lowest BCUT2D eigenvalue weighted by molar-refractivity contribution is -0.114. The van der Waals surface area contributed by atoms with Gasteiger partial charge >= 0.3 is 0 Å². The molecule has 1 atom stereocenters. The van der Waals surface area contributed by atoms with Gasteiger partial charge in [-0.05, 0) is 62.2 Å². The third-order valence-electron chi connectivity index (χ3n) is 4.19. The molecule has 0 aliphatic heterocycles. The summed E-state index contributed by atoms with van der Waals surface area (Å²) in [6.45, 7) is 10.2. The van der Waals surface area contributed by atoms with Crippen molar-refractivity contribution in [3.05, 3.63) is 66.2 Å². The molecular formula is C23H29N3O3. The first-order chi connectivity index (χ1) is 13.9. The summed E-state index contributed by atoms with van der Waals surface area (Å²) in [7, 11) is 0. The maximum Gasteiger partial charge on any atom is 0.251 e. The smallest absolute Gasteiger partial charge is 0.251 e. The van der Waals surface area contributed by atoms with Crippen LogP contribution in [0.2, 0.25) is 0 Å². The lowest BCUT2D eigenvalue weighted by Crippen LogP contribution is -2.31. The fourth-order valence-corrected chi connectivity index (χ4v) is 2.41. The van der Waals surface area contributed by atoms with Gasteiger partial charge in [0.25, 0.3) is 5.91 Å². The highest BCUT2D eigenvalue weighted by molar-refractivity contribution is 5.95. The average Bonchev–Trinajstić information content (AvgIpc) is 2.71. The predicted molar refractivity (Wildman–Crippen MR) is 118 cm³/mol. The molecule has 154 valence electrons. The molecule has 29 heavy (non-hydrogen) atoms. The largest absolute Gasteiger partial charge is 0.489 e. The highest BCUT2D eigenvalue weighted by Gasteiger charge is 2.09.